The largest absolute Gasteiger partial charge is 0.354 e. The Morgan fingerprint density at radius 3 is 2.17 bits per heavy atom. The van der Waals surface area contributed by atoms with Crippen molar-refractivity contribution in [2.24, 2.45) is 0 Å². The van der Waals surface area contributed by atoms with Crippen molar-refractivity contribution in [2.75, 3.05) is 17.4 Å². The number of carbonyl (C=O) groups excluding carboxylic acids is 2. The van der Waals surface area contributed by atoms with Crippen molar-refractivity contribution in [3.63, 3.8) is 0 Å². The van der Waals surface area contributed by atoms with E-state index in [4.69, 9.17) is 11.6 Å². The molecule has 0 heterocycles. The zero-order chi connectivity index (χ0) is 33.3. The fourth-order valence-corrected chi connectivity index (χ4v) is 6.88. The molecule has 0 saturated carbocycles. The number of halogens is 1. The smallest absolute Gasteiger partial charge is 0.264 e. The van der Waals surface area contributed by atoms with Crippen LogP contribution in [-0.4, -0.2) is 44.3 Å². The van der Waals surface area contributed by atoms with Gasteiger partial charge >= 0.3 is 0 Å². The van der Waals surface area contributed by atoms with Crippen molar-refractivity contribution in [3.05, 3.63) is 130 Å². The molecule has 0 aromatic heterocycles. The van der Waals surface area contributed by atoms with Crippen molar-refractivity contribution >= 4 is 39.1 Å². The molecule has 1 atom stereocenters. The van der Waals surface area contributed by atoms with Crippen molar-refractivity contribution in [3.8, 4) is 0 Å². The first-order valence-electron chi connectivity index (χ1n) is 15.5. The van der Waals surface area contributed by atoms with Crippen LogP contribution in [0.4, 0.5) is 5.69 Å². The number of hydrogen-bond donors (Lipinski definition) is 1. The number of anilines is 1. The average Bonchev–Trinajstić information content (AvgIpc) is 3.04. The predicted octanol–water partition coefficient (Wildman–Crippen LogP) is 7.02. The van der Waals surface area contributed by atoms with Gasteiger partial charge in [-0.2, -0.15) is 0 Å². The molecular weight excluding hydrogens is 618 g/mol. The summed E-state index contributed by atoms with van der Waals surface area (Å²) < 4.78 is 29.8. The summed E-state index contributed by atoms with van der Waals surface area (Å²) in [4.78, 5) is 30.1. The molecule has 4 rings (SSSR count). The van der Waals surface area contributed by atoms with Gasteiger partial charge in [0.2, 0.25) is 11.8 Å². The van der Waals surface area contributed by atoms with Crippen LogP contribution in [0.1, 0.15) is 47.6 Å². The molecule has 0 aliphatic heterocycles. The second-order valence-corrected chi connectivity index (χ2v) is 13.8. The molecule has 0 aliphatic carbocycles. The lowest BCUT2D eigenvalue weighted by Crippen LogP contribution is -2.53. The van der Waals surface area contributed by atoms with Crippen LogP contribution < -0.4 is 9.62 Å². The molecule has 9 heteroatoms. The molecule has 7 nitrogen and oxygen atoms in total. The molecule has 0 bridgehead atoms. The molecule has 242 valence electrons. The van der Waals surface area contributed by atoms with Gasteiger partial charge in [-0.25, -0.2) is 8.42 Å². The maximum absolute atomic E-state index is 14.6. The summed E-state index contributed by atoms with van der Waals surface area (Å²) in [6, 6.07) is 27.8. The highest BCUT2D eigenvalue weighted by Gasteiger charge is 2.35. The molecule has 46 heavy (non-hydrogen) atoms. The second kappa shape index (κ2) is 15.9. The minimum atomic E-state index is -4.18. The van der Waals surface area contributed by atoms with E-state index in [1.54, 1.807) is 42.5 Å². The van der Waals surface area contributed by atoms with Crippen molar-refractivity contribution < 1.29 is 18.0 Å². The molecule has 0 aliphatic rings. The molecule has 0 saturated heterocycles. The molecule has 0 unspecified atom stereocenters. The lowest BCUT2D eigenvalue weighted by Gasteiger charge is -2.34. The Morgan fingerprint density at radius 2 is 1.50 bits per heavy atom. The first kappa shape index (κ1) is 34.7. The lowest BCUT2D eigenvalue weighted by molar-refractivity contribution is -0.140. The third kappa shape index (κ3) is 8.77. The fraction of sp³-hybridized carbons (Fsp3) is 0.297. The standard InChI is InChI=1S/C37H42ClN3O4S/c1-5-6-22-39-37(43)35(24-30-12-8-7-9-13-30)40(25-31-14-10-11-15-33(31)38)36(42)26-41(34-23-28(3)16-19-29(34)4)46(44,45)32-20-17-27(2)18-21-32/h7-21,23,35H,5-6,22,24-26H2,1-4H3,(H,39,43)/t35-/m1/s1. The molecule has 4 aromatic rings. The van der Waals surface area contributed by atoms with Gasteiger partial charge in [0, 0.05) is 24.5 Å². The minimum absolute atomic E-state index is 0.0163. The Kier molecular flexibility index (Phi) is 12.0. The SMILES string of the molecule is CCCCNC(=O)[C@@H](Cc1ccccc1)N(Cc1ccccc1Cl)C(=O)CN(c1cc(C)ccc1C)S(=O)(=O)c1ccc(C)cc1. The molecule has 0 radical (unpaired) electrons. The quantitative estimate of drug-likeness (QED) is 0.148. The Hall–Kier alpha value is -4.14. The van der Waals surface area contributed by atoms with Crippen LogP contribution in [0.25, 0.3) is 0 Å². The number of benzene rings is 4. The summed E-state index contributed by atoms with van der Waals surface area (Å²) in [7, 11) is -4.18. The zero-order valence-electron chi connectivity index (χ0n) is 26.9. The van der Waals surface area contributed by atoms with Gasteiger partial charge in [0.1, 0.15) is 12.6 Å². The van der Waals surface area contributed by atoms with Gasteiger partial charge in [-0.1, -0.05) is 103 Å². The zero-order valence-corrected chi connectivity index (χ0v) is 28.4. The molecular formula is C37H42ClN3O4S. The molecule has 0 spiro atoms. The number of hydrogen-bond acceptors (Lipinski definition) is 4. The Balaban J connectivity index is 1.83. The first-order valence-corrected chi connectivity index (χ1v) is 17.3. The Labute approximate surface area is 278 Å². The summed E-state index contributed by atoms with van der Waals surface area (Å²) >= 11 is 6.58. The van der Waals surface area contributed by atoms with E-state index < -0.39 is 28.5 Å². The van der Waals surface area contributed by atoms with E-state index in [9.17, 15) is 18.0 Å². The highest BCUT2D eigenvalue weighted by Crippen LogP contribution is 2.29. The number of aryl methyl sites for hydroxylation is 3. The summed E-state index contributed by atoms with van der Waals surface area (Å²) in [5.74, 6) is -0.833. The molecule has 0 fully saturated rings. The summed E-state index contributed by atoms with van der Waals surface area (Å²) in [5.41, 5.74) is 4.38. The topological polar surface area (TPSA) is 86.8 Å². The second-order valence-electron chi connectivity index (χ2n) is 11.6. The van der Waals surface area contributed by atoms with E-state index >= 15 is 0 Å². The Morgan fingerprint density at radius 1 is 0.848 bits per heavy atom. The maximum Gasteiger partial charge on any atom is 0.264 e. The van der Waals surface area contributed by atoms with Crippen LogP contribution in [0, 0.1) is 20.8 Å². The third-order valence-corrected chi connectivity index (χ3v) is 10.1. The third-order valence-electron chi connectivity index (χ3n) is 7.92. The van der Waals surface area contributed by atoms with Crippen molar-refractivity contribution in [2.45, 2.75) is 64.4 Å². The lowest BCUT2D eigenvalue weighted by atomic mass is 10.0. The molecule has 4 aromatic carbocycles. The van der Waals surface area contributed by atoms with E-state index in [1.807, 2.05) is 82.3 Å². The maximum atomic E-state index is 14.6. The van der Waals surface area contributed by atoms with Gasteiger partial charge in [-0.05, 0) is 73.7 Å². The van der Waals surface area contributed by atoms with Gasteiger partial charge in [0.25, 0.3) is 10.0 Å². The Bertz CT molecular complexity index is 1740. The van der Waals surface area contributed by atoms with Crippen LogP contribution in [0.15, 0.2) is 102 Å². The van der Waals surface area contributed by atoms with Gasteiger partial charge < -0.3 is 10.2 Å². The van der Waals surface area contributed by atoms with Crippen LogP contribution in [0.2, 0.25) is 5.02 Å². The van der Waals surface area contributed by atoms with Crippen LogP contribution in [-0.2, 0) is 32.6 Å². The molecule has 2 amide bonds. The van der Waals surface area contributed by atoms with Crippen LogP contribution in [0.3, 0.4) is 0 Å². The number of nitrogens with zero attached hydrogens (tertiary/aromatic N) is 2. The van der Waals surface area contributed by atoms with E-state index in [0.717, 1.165) is 33.8 Å². The van der Waals surface area contributed by atoms with Gasteiger partial charge in [0.15, 0.2) is 0 Å². The predicted molar refractivity (Wildman–Crippen MR) is 185 cm³/mol. The first-order chi connectivity index (χ1) is 22.0. The van der Waals surface area contributed by atoms with Gasteiger partial charge in [0.05, 0.1) is 10.6 Å². The van der Waals surface area contributed by atoms with E-state index in [2.05, 4.69) is 5.32 Å². The number of rotatable bonds is 14. The van der Waals surface area contributed by atoms with E-state index in [0.29, 0.717) is 28.4 Å². The number of amides is 2. The van der Waals surface area contributed by atoms with Crippen molar-refractivity contribution in [1.29, 1.82) is 0 Å². The van der Waals surface area contributed by atoms with E-state index in [1.165, 1.54) is 4.90 Å². The number of sulfonamides is 1. The number of unbranched alkanes of at least 4 members (excludes halogenated alkanes) is 1. The highest BCUT2D eigenvalue weighted by atomic mass is 35.5. The van der Waals surface area contributed by atoms with Gasteiger partial charge in [-0.3, -0.25) is 13.9 Å². The highest BCUT2D eigenvalue weighted by molar-refractivity contribution is 7.92. The number of carbonyl (C=O) groups is 2. The van der Waals surface area contributed by atoms with E-state index in [-0.39, 0.29) is 23.8 Å². The summed E-state index contributed by atoms with van der Waals surface area (Å²) in [6.07, 6.45) is 1.92. The normalized spacial score (nSPS) is 11.9. The van der Waals surface area contributed by atoms with Crippen molar-refractivity contribution in [1.82, 2.24) is 10.2 Å². The fourth-order valence-electron chi connectivity index (χ4n) is 5.21. The average molecular weight is 660 g/mol. The van der Waals surface area contributed by atoms with Crippen LogP contribution >= 0.6 is 11.6 Å². The monoisotopic (exact) mass is 659 g/mol. The van der Waals surface area contributed by atoms with Gasteiger partial charge in [-0.15, -0.1) is 0 Å². The minimum Gasteiger partial charge on any atom is -0.354 e. The van der Waals surface area contributed by atoms with Crippen LogP contribution in [0.5, 0.6) is 0 Å². The summed E-state index contributed by atoms with van der Waals surface area (Å²) in [5, 5.41) is 3.45. The number of nitrogens with one attached hydrogen (secondary N) is 1. The molecule has 1 N–H and O–H groups in total. The summed E-state index contributed by atoms with van der Waals surface area (Å²) in [6.45, 7) is 7.58.